The van der Waals surface area contributed by atoms with Crippen LogP contribution in [0.1, 0.15) is 18.4 Å². The zero-order valence-corrected chi connectivity index (χ0v) is 15.1. The third kappa shape index (κ3) is 4.91. The number of methoxy groups -OCH3 is 1. The number of rotatable bonds is 7. The fraction of sp³-hybridized carbons (Fsp3) is 0.182. The lowest BCUT2D eigenvalue weighted by Gasteiger charge is -2.09. The van der Waals surface area contributed by atoms with E-state index in [0.717, 1.165) is 24.0 Å². The molecule has 1 aromatic heterocycles. The maximum Gasteiger partial charge on any atom is 0.224 e. The van der Waals surface area contributed by atoms with Crippen LogP contribution in [-0.4, -0.2) is 18.0 Å². The van der Waals surface area contributed by atoms with E-state index in [4.69, 9.17) is 4.74 Å². The average molecular weight is 364 g/mol. The smallest absolute Gasteiger partial charge is 0.224 e. The zero-order valence-electron chi connectivity index (χ0n) is 15.1. The molecule has 3 aromatic rings. The van der Waals surface area contributed by atoms with Gasteiger partial charge in [-0.05, 0) is 42.2 Å². The number of nitrogens with one attached hydrogen (secondary N) is 1. The van der Waals surface area contributed by atoms with Crippen molar-refractivity contribution in [3.8, 4) is 16.9 Å². The molecule has 0 spiro atoms. The van der Waals surface area contributed by atoms with Gasteiger partial charge < -0.3 is 10.1 Å². The lowest BCUT2D eigenvalue weighted by atomic mass is 10.0. The molecule has 0 aliphatic rings. The Morgan fingerprint density at radius 3 is 2.63 bits per heavy atom. The summed E-state index contributed by atoms with van der Waals surface area (Å²) in [5, 5.41) is 2.82. The summed E-state index contributed by atoms with van der Waals surface area (Å²) < 4.78 is 19.4. The van der Waals surface area contributed by atoms with E-state index in [-0.39, 0.29) is 17.5 Å². The molecule has 27 heavy (non-hydrogen) atoms. The molecule has 2 aromatic carbocycles. The summed E-state index contributed by atoms with van der Waals surface area (Å²) >= 11 is 0. The molecule has 138 valence electrons. The first kappa shape index (κ1) is 18.6. The second-order valence-corrected chi connectivity index (χ2v) is 6.16. The summed E-state index contributed by atoms with van der Waals surface area (Å²) in [7, 11) is 1.45. The molecule has 5 heteroatoms. The van der Waals surface area contributed by atoms with Crippen LogP contribution in [0.3, 0.4) is 0 Å². The summed E-state index contributed by atoms with van der Waals surface area (Å²) in [6.45, 7) is 0. The van der Waals surface area contributed by atoms with Crippen molar-refractivity contribution < 1.29 is 13.9 Å². The fourth-order valence-electron chi connectivity index (χ4n) is 2.86. The lowest BCUT2D eigenvalue weighted by Crippen LogP contribution is -2.11. The first-order valence-corrected chi connectivity index (χ1v) is 8.79. The number of hydrogen-bond donors (Lipinski definition) is 1. The minimum absolute atomic E-state index is 0.0296. The Kier molecular flexibility index (Phi) is 6.15. The number of aryl methyl sites for hydroxylation is 1. The quantitative estimate of drug-likeness (QED) is 0.651. The Hall–Kier alpha value is -3.21. The molecule has 4 nitrogen and oxygen atoms in total. The van der Waals surface area contributed by atoms with Crippen LogP contribution < -0.4 is 10.1 Å². The van der Waals surface area contributed by atoms with Crippen LogP contribution in [0.2, 0.25) is 0 Å². The Morgan fingerprint density at radius 2 is 1.93 bits per heavy atom. The third-order valence-electron chi connectivity index (χ3n) is 4.26. The highest BCUT2D eigenvalue weighted by Gasteiger charge is 2.10. The van der Waals surface area contributed by atoms with Crippen molar-refractivity contribution in [3.63, 3.8) is 0 Å². The number of hydrogen-bond acceptors (Lipinski definition) is 3. The third-order valence-corrected chi connectivity index (χ3v) is 4.26. The predicted octanol–water partition coefficient (Wildman–Crippen LogP) is 4.86. The second kappa shape index (κ2) is 8.94. The van der Waals surface area contributed by atoms with E-state index in [2.05, 4.69) is 10.3 Å². The number of ether oxygens (including phenoxy) is 1. The first-order valence-electron chi connectivity index (χ1n) is 8.79. The van der Waals surface area contributed by atoms with Crippen LogP contribution in [0.4, 0.5) is 10.1 Å². The summed E-state index contributed by atoms with van der Waals surface area (Å²) in [5.74, 6) is -0.158. The Balaban J connectivity index is 1.54. The zero-order chi connectivity index (χ0) is 19.1. The van der Waals surface area contributed by atoms with Gasteiger partial charge in [-0.3, -0.25) is 9.78 Å². The molecule has 0 bridgehead atoms. The van der Waals surface area contributed by atoms with Crippen LogP contribution >= 0.6 is 0 Å². The topological polar surface area (TPSA) is 51.2 Å². The number of aromatic nitrogens is 1. The fourth-order valence-corrected chi connectivity index (χ4v) is 2.86. The molecule has 0 saturated carbocycles. The molecule has 0 saturated heterocycles. The van der Waals surface area contributed by atoms with Gasteiger partial charge in [0.25, 0.3) is 0 Å². The van der Waals surface area contributed by atoms with E-state index in [1.54, 1.807) is 42.7 Å². The molecule has 1 heterocycles. The number of amides is 1. The average Bonchev–Trinajstić information content (AvgIpc) is 2.69. The molecule has 1 N–H and O–H groups in total. The highest BCUT2D eigenvalue weighted by Crippen LogP contribution is 2.29. The van der Waals surface area contributed by atoms with Crippen LogP contribution in [0.15, 0.2) is 67.0 Å². The highest BCUT2D eigenvalue weighted by atomic mass is 19.1. The Morgan fingerprint density at radius 1 is 1.11 bits per heavy atom. The monoisotopic (exact) mass is 364 g/mol. The maximum absolute atomic E-state index is 14.4. The molecular formula is C22H21FN2O2. The van der Waals surface area contributed by atoms with Crippen molar-refractivity contribution >= 4 is 11.6 Å². The number of carbonyl (C=O) groups is 1. The lowest BCUT2D eigenvalue weighted by molar-refractivity contribution is -0.116. The molecule has 3 rings (SSSR count). The summed E-state index contributed by atoms with van der Waals surface area (Å²) in [6, 6.07) is 16.4. The van der Waals surface area contributed by atoms with Crippen molar-refractivity contribution in [3.05, 3.63) is 78.4 Å². The second-order valence-electron chi connectivity index (χ2n) is 6.16. The number of anilines is 1. The van der Waals surface area contributed by atoms with Gasteiger partial charge in [0.2, 0.25) is 5.91 Å². The van der Waals surface area contributed by atoms with Gasteiger partial charge in [0.1, 0.15) is 0 Å². The van der Waals surface area contributed by atoms with Crippen LogP contribution in [-0.2, 0) is 11.2 Å². The van der Waals surface area contributed by atoms with E-state index in [1.165, 1.54) is 7.11 Å². The molecule has 1 amide bonds. The van der Waals surface area contributed by atoms with Crippen molar-refractivity contribution in [1.29, 1.82) is 0 Å². The van der Waals surface area contributed by atoms with E-state index in [0.29, 0.717) is 17.7 Å². The molecule has 0 atom stereocenters. The van der Waals surface area contributed by atoms with Gasteiger partial charge >= 0.3 is 0 Å². The molecule has 0 aliphatic heterocycles. The normalized spacial score (nSPS) is 10.4. The van der Waals surface area contributed by atoms with E-state index >= 15 is 0 Å². The van der Waals surface area contributed by atoms with Gasteiger partial charge in [-0.2, -0.15) is 0 Å². The summed E-state index contributed by atoms with van der Waals surface area (Å²) in [6.07, 6.45) is 5.23. The van der Waals surface area contributed by atoms with Gasteiger partial charge in [-0.1, -0.05) is 36.4 Å². The number of halogens is 1. The van der Waals surface area contributed by atoms with E-state index < -0.39 is 0 Å². The molecule has 0 fully saturated rings. The minimum Gasteiger partial charge on any atom is -0.494 e. The van der Waals surface area contributed by atoms with Gasteiger partial charge in [-0.15, -0.1) is 0 Å². The van der Waals surface area contributed by atoms with Crippen LogP contribution in [0.5, 0.6) is 5.75 Å². The largest absolute Gasteiger partial charge is 0.494 e. The van der Waals surface area contributed by atoms with Crippen molar-refractivity contribution in [2.45, 2.75) is 19.3 Å². The Labute approximate surface area is 158 Å². The number of carbonyl (C=O) groups excluding carboxylic acids is 1. The van der Waals surface area contributed by atoms with Crippen molar-refractivity contribution in [2.24, 2.45) is 0 Å². The molecule has 0 aliphatic carbocycles. The van der Waals surface area contributed by atoms with Crippen molar-refractivity contribution in [2.75, 3.05) is 12.4 Å². The SMILES string of the molecule is COc1cccc(-c2ccc(CCCC(=O)Nc3cccnc3)cc2)c1F. The van der Waals surface area contributed by atoms with Crippen LogP contribution in [0.25, 0.3) is 11.1 Å². The van der Waals surface area contributed by atoms with Crippen molar-refractivity contribution in [1.82, 2.24) is 4.98 Å². The summed E-state index contributed by atoms with van der Waals surface area (Å²) in [4.78, 5) is 15.9. The van der Waals surface area contributed by atoms with Gasteiger partial charge in [0, 0.05) is 18.2 Å². The number of pyridine rings is 1. The maximum atomic E-state index is 14.4. The van der Waals surface area contributed by atoms with Gasteiger partial charge in [-0.25, -0.2) is 4.39 Å². The van der Waals surface area contributed by atoms with Gasteiger partial charge in [0.15, 0.2) is 11.6 Å². The molecular weight excluding hydrogens is 343 g/mol. The first-order chi connectivity index (χ1) is 13.2. The molecule has 0 unspecified atom stereocenters. The highest BCUT2D eigenvalue weighted by molar-refractivity contribution is 5.90. The van der Waals surface area contributed by atoms with E-state index in [9.17, 15) is 9.18 Å². The predicted molar refractivity (Wildman–Crippen MR) is 104 cm³/mol. The van der Waals surface area contributed by atoms with Crippen LogP contribution in [0, 0.1) is 5.82 Å². The summed E-state index contributed by atoms with van der Waals surface area (Å²) in [5.41, 5.74) is 3.12. The minimum atomic E-state index is -0.361. The van der Waals surface area contributed by atoms with Gasteiger partial charge in [0.05, 0.1) is 19.0 Å². The number of nitrogens with zero attached hydrogens (tertiary/aromatic N) is 1. The van der Waals surface area contributed by atoms with E-state index in [1.807, 2.05) is 24.3 Å². The number of benzene rings is 2. The Bertz CT molecular complexity index is 896. The standard InChI is InChI=1S/C22H21FN2O2/c1-27-20-8-3-7-19(22(20)23)17-12-10-16(11-13-17)5-2-9-21(26)25-18-6-4-14-24-15-18/h3-4,6-8,10-15H,2,5,9H2,1H3,(H,25,26). The molecule has 0 radical (unpaired) electrons.